The highest BCUT2D eigenvalue weighted by molar-refractivity contribution is 5.09. The van der Waals surface area contributed by atoms with Gasteiger partial charge in [0.2, 0.25) is 0 Å². The standard InChI is InChI=1S/C11H22N4/c1-5-7-15-9(3)13-14-10(15)11(4,6-2)8-12/h5-8,12H2,1-4H3. The first kappa shape index (κ1) is 12.2. The van der Waals surface area contributed by atoms with Gasteiger partial charge in [-0.1, -0.05) is 20.8 Å². The van der Waals surface area contributed by atoms with Crippen LogP contribution in [0.2, 0.25) is 0 Å². The summed E-state index contributed by atoms with van der Waals surface area (Å²) in [5.74, 6) is 2.02. The Bertz CT molecular complexity index is 312. The summed E-state index contributed by atoms with van der Waals surface area (Å²) < 4.78 is 2.19. The topological polar surface area (TPSA) is 56.7 Å². The van der Waals surface area contributed by atoms with Crippen LogP contribution in [0.4, 0.5) is 0 Å². The molecule has 0 radical (unpaired) electrons. The number of aromatic nitrogens is 3. The molecule has 0 aromatic carbocycles. The number of hydrogen-bond acceptors (Lipinski definition) is 3. The molecule has 4 nitrogen and oxygen atoms in total. The number of aryl methyl sites for hydroxylation is 1. The molecule has 1 atom stereocenters. The zero-order chi connectivity index (χ0) is 11.5. The molecule has 0 aliphatic heterocycles. The molecule has 1 rings (SSSR count). The summed E-state index contributed by atoms with van der Waals surface area (Å²) in [5, 5.41) is 8.44. The molecule has 0 aliphatic rings. The van der Waals surface area contributed by atoms with Gasteiger partial charge in [-0.3, -0.25) is 0 Å². The van der Waals surface area contributed by atoms with Crippen molar-refractivity contribution in [1.82, 2.24) is 14.8 Å². The minimum atomic E-state index is -0.0452. The van der Waals surface area contributed by atoms with Gasteiger partial charge in [-0.05, 0) is 19.8 Å². The molecular formula is C11H22N4. The molecule has 1 aromatic rings. The Kier molecular flexibility index (Phi) is 3.85. The molecule has 0 saturated carbocycles. The molecule has 1 aromatic heterocycles. The first-order valence-corrected chi connectivity index (χ1v) is 5.69. The van der Waals surface area contributed by atoms with Gasteiger partial charge in [0.15, 0.2) is 0 Å². The fraction of sp³-hybridized carbons (Fsp3) is 0.818. The molecule has 2 N–H and O–H groups in total. The lowest BCUT2D eigenvalue weighted by molar-refractivity contribution is 0.410. The Balaban J connectivity index is 3.12. The lowest BCUT2D eigenvalue weighted by Gasteiger charge is -2.26. The lowest BCUT2D eigenvalue weighted by atomic mass is 9.86. The molecule has 0 spiro atoms. The minimum Gasteiger partial charge on any atom is -0.329 e. The molecule has 0 aliphatic carbocycles. The van der Waals surface area contributed by atoms with E-state index < -0.39 is 0 Å². The van der Waals surface area contributed by atoms with Gasteiger partial charge in [-0.2, -0.15) is 0 Å². The highest BCUT2D eigenvalue weighted by atomic mass is 15.3. The predicted octanol–water partition coefficient (Wildman–Crippen LogP) is 1.62. The molecule has 0 amide bonds. The molecular weight excluding hydrogens is 188 g/mol. The second-order valence-electron chi connectivity index (χ2n) is 4.34. The van der Waals surface area contributed by atoms with E-state index in [0.29, 0.717) is 6.54 Å². The molecule has 1 unspecified atom stereocenters. The molecule has 0 saturated heterocycles. The average Bonchev–Trinajstić information content (AvgIpc) is 2.61. The van der Waals surface area contributed by atoms with Crippen molar-refractivity contribution in [2.24, 2.45) is 5.73 Å². The van der Waals surface area contributed by atoms with E-state index in [2.05, 4.69) is 35.5 Å². The first-order chi connectivity index (χ1) is 7.09. The highest BCUT2D eigenvalue weighted by Gasteiger charge is 2.29. The Morgan fingerprint density at radius 2 is 2.00 bits per heavy atom. The van der Waals surface area contributed by atoms with Crippen LogP contribution in [0.3, 0.4) is 0 Å². The summed E-state index contributed by atoms with van der Waals surface area (Å²) in [6, 6.07) is 0. The Hall–Kier alpha value is -0.900. The van der Waals surface area contributed by atoms with Crippen molar-refractivity contribution >= 4 is 0 Å². The van der Waals surface area contributed by atoms with E-state index in [1.807, 2.05) is 6.92 Å². The maximum absolute atomic E-state index is 5.84. The Morgan fingerprint density at radius 1 is 1.33 bits per heavy atom. The number of rotatable bonds is 5. The van der Waals surface area contributed by atoms with E-state index in [1.165, 1.54) is 0 Å². The third-order valence-corrected chi connectivity index (χ3v) is 3.15. The average molecular weight is 210 g/mol. The minimum absolute atomic E-state index is 0.0452. The molecule has 0 bridgehead atoms. The second kappa shape index (κ2) is 4.75. The van der Waals surface area contributed by atoms with E-state index in [0.717, 1.165) is 31.0 Å². The van der Waals surface area contributed by atoms with Gasteiger partial charge in [0.1, 0.15) is 11.6 Å². The largest absolute Gasteiger partial charge is 0.329 e. The maximum atomic E-state index is 5.84. The normalized spacial score (nSPS) is 15.3. The highest BCUT2D eigenvalue weighted by Crippen LogP contribution is 2.25. The number of hydrogen-bond donors (Lipinski definition) is 1. The van der Waals surface area contributed by atoms with Gasteiger partial charge in [0.05, 0.1) is 0 Å². The van der Waals surface area contributed by atoms with Gasteiger partial charge < -0.3 is 10.3 Å². The van der Waals surface area contributed by atoms with Crippen molar-refractivity contribution in [2.45, 2.75) is 52.5 Å². The third-order valence-electron chi connectivity index (χ3n) is 3.15. The van der Waals surface area contributed by atoms with Gasteiger partial charge >= 0.3 is 0 Å². The fourth-order valence-corrected chi connectivity index (χ4v) is 1.71. The molecule has 1 heterocycles. The summed E-state index contributed by atoms with van der Waals surface area (Å²) in [6.07, 6.45) is 2.08. The van der Waals surface area contributed by atoms with Crippen molar-refractivity contribution in [3.8, 4) is 0 Å². The zero-order valence-electron chi connectivity index (χ0n) is 10.2. The Morgan fingerprint density at radius 3 is 2.47 bits per heavy atom. The van der Waals surface area contributed by atoms with Gasteiger partial charge in [0.25, 0.3) is 0 Å². The maximum Gasteiger partial charge on any atom is 0.140 e. The second-order valence-corrected chi connectivity index (χ2v) is 4.34. The van der Waals surface area contributed by atoms with E-state index in [1.54, 1.807) is 0 Å². The smallest absolute Gasteiger partial charge is 0.140 e. The van der Waals surface area contributed by atoms with Crippen LogP contribution in [0.25, 0.3) is 0 Å². The van der Waals surface area contributed by atoms with Crippen molar-refractivity contribution < 1.29 is 0 Å². The van der Waals surface area contributed by atoms with Gasteiger partial charge in [-0.15, -0.1) is 10.2 Å². The predicted molar refractivity (Wildman–Crippen MR) is 61.7 cm³/mol. The van der Waals surface area contributed by atoms with E-state index in [-0.39, 0.29) is 5.41 Å². The number of nitrogens with two attached hydrogens (primary N) is 1. The van der Waals surface area contributed by atoms with Crippen LogP contribution in [0, 0.1) is 6.92 Å². The third kappa shape index (κ3) is 2.20. The SMILES string of the molecule is CCCn1c(C)nnc1C(C)(CC)CN. The summed E-state index contributed by atoms with van der Waals surface area (Å²) in [5.41, 5.74) is 5.80. The van der Waals surface area contributed by atoms with Crippen molar-refractivity contribution in [1.29, 1.82) is 0 Å². The van der Waals surface area contributed by atoms with Gasteiger partial charge in [0, 0.05) is 18.5 Å². The first-order valence-electron chi connectivity index (χ1n) is 5.69. The van der Waals surface area contributed by atoms with Crippen LogP contribution in [0.15, 0.2) is 0 Å². The quantitative estimate of drug-likeness (QED) is 0.803. The summed E-state index contributed by atoms with van der Waals surface area (Å²) in [4.78, 5) is 0. The number of nitrogens with zero attached hydrogens (tertiary/aromatic N) is 3. The van der Waals surface area contributed by atoms with E-state index in [4.69, 9.17) is 5.73 Å². The molecule has 86 valence electrons. The molecule has 0 fully saturated rings. The van der Waals surface area contributed by atoms with E-state index in [9.17, 15) is 0 Å². The van der Waals surface area contributed by atoms with Crippen LogP contribution in [-0.4, -0.2) is 21.3 Å². The lowest BCUT2D eigenvalue weighted by Crippen LogP contribution is -2.34. The summed E-state index contributed by atoms with van der Waals surface area (Å²) >= 11 is 0. The Labute approximate surface area is 91.9 Å². The van der Waals surface area contributed by atoms with Gasteiger partial charge in [-0.25, -0.2) is 0 Å². The van der Waals surface area contributed by atoms with Crippen LogP contribution >= 0.6 is 0 Å². The summed E-state index contributed by atoms with van der Waals surface area (Å²) in [6.45, 7) is 10.1. The fourth-order valence-electron chi connectivity index (χ4n) is 1.71. The summed E-state index contributed by atoms with van der Waals surface area (Å²) in [7, 11) is 0. The van der Waals surface area contributed by atoms with Crippen molar-refractivity contribution in [3.05, 3.63) is 11.6 Å². The van der Waals surface area contributed by atoms with Crippen molar-refractivity contribution in [2.75, 3.05) is 6.54 Å². The molecule has 15 heavy (non-hydrogen) atoms. The van der Waals surface area contributed by atoms with Crippen LogP contribution < -0.4 is 5.73 Å². The van der Waals surface area contributed by atoms with Crippen LogP contribution in [-0.2, 0) is 12.0 Å². The van der Waals surface area contributed by atoms with Crippen LogP contribution in [0.1, 0.15) is 45.3 Å². The van der Waals surface area contributed by atoms with Crippen LogP contribution in [0.5, 0.6) is 0 Å². The van der Waals surface area contributed by atoms with E-state index >= 15 is 0 Å². The monoisotopic (exact) mass is 210 g/mol. The molecule has 4 heteroatoms. The van der Waals surface area contributed by atoms with Crippen molar-refractivity contribution in [3.63, 3.8) is 0 Å². The zero-order valence-corrected chi connectivity index (χ0v) is 10.2.